The normalized spacial score (nSPS) is 14.3. The Balaban J connectivity index is 1.95. The van der Waals surface area contributed by atoms with Gasteiger partial charge in [-0.15, -0.1) is 0 Å². The van der Waals surface area contributed by atoms with E-state index in [1.54, 1.807) is 14.2 Å². The lowest BCUT2D eigenvalue weighted by Crippen LogP contribution is -2.44. The maximum absolute atomic E-state index is 10.8. The van der Waals surface area contributed by atoms with Gasteiger partial charge in [0.2, 0.25) is 0 Å². The van der Waals surface area contributed by atoms with E-state index in [0.717, 1.165) is 37.3 Å². The second-order valence-electron chi connectivity index (χ2n) is 9.54. The molecule has 0 saturated carbocycles. The molecule has 6 nitrogen and oxygen atoms in total. The van der Waals surface area contributed by atoms with E-state index in [4.69, 9.17) is 19.9 Å². The predicted octanol–water partition coefficient (Wildman–Crippen LogP) is 4.14. The Morgan fingerprint density at radius 1 is 0.971 bits per heavy atom. The molecule has 6 heteroatoms. The van der Waals surface area contributed by atoms with Crippen molar-refractivity contribution < 1.29 is 19.3 Å². The van der Waals surface area contributed by atoms with Crippen LogP contribution in [0.5, 0.6) is 11.5 Å². The number of benzene rings is 2. The summed E-state index contributed by atoms with van der Waals surface area (Å²) in [5.41, 5.74) is 8.90. The van der Waals surface area contributed by atoms with Gasteiger partial charge in [0.05, 0.1) is 19.8 Å². The summed E-state index contributed by atoms with van der Waals surface area (Å²) in [5, 5.41) is 10.8. The Morgan fingerprint density at radius 2 is 1.71 bits per heavy atom. The van der Waals surface area contributed by atoms with Crippen LogP contribution in [0.25, 0.3) is 0 Å². The molecule has 0 unspecified atom stereocenters. The molecular weight excluding hydrogens is 428 g/mol. The Kier molecular flexibility index (Phi) is 12.4. The average Bonchev–Trinajstić information content (AvgIpc) is 2.82. The first-order chi connectivity index (χ1) is 16.3. The third-order valence-corrected chi connectivity index (χ3v) is 6.28. The molecule has 190 valence electrons. The smallest absolute Gasteiger partial charge is 0.161 e. The van der Waals surface area contributed by atoms with Gasteiger partial charge in [0.15, 0.2) is 11.5 Å². The molecule has 0 aliphatic carbocycles. The molecule has 34 heavy (non-hydrogen) atoms. The van der Waals surface area contributed by atoms with Gasteiger partial charge in [0.25, 0.3) is 0 Å². The van der Waals surface area contributed by atoms with Crippen LogP contribution in [0.4, 0.5) is 0 Å². The summed E-state index contributed by atoms with van der Waals surface area (Å²) in [6.45, 7) is 7.01. The van der Waals surface area contributed by atoms with Crippen molar-refractivity contribution in [3.8, 4) is 11.5 Å². The van der Waals surface area contributed by atoms with Crippen LogP contribution in [0.1, 0.15) is 37.8 Å². The van der Waals surface area contributed by atoms with Crippen molar-refractivity contribution in [3.05, 3.63) is 59.7 Å². The van der Waals surface area contributed by atoms with E-state index in [2.05, 4.69) is 43.0 Å². The number of ether oxygens (including phenoxy) is 3. The van der Waals surface area contributed by atoms with Crippen LogP contribution in [0.15, 0.2) is 48.5 Å². The molecule has 0 saturated heterocycles. The van der Waals surface area contributed by atoms with E-state index < -0.39 is 6.10 Å². The molecule has 0 aromatic heterocycles. The van der Waals surface area contributed by atoms with Crippen LogP contribution in [0.3, 0.4) is 0 Å². The molecule has 0 heterocycles. The molecule has 0 spiro atoms. The Hall–Kier alpha value is -2.12. The van der Waals surface area contributed by atoms with E-state index in [9.17, 15) is 5.11 Å². The SMILES string of the molecule is COCCCOc1cc(C[C@@H](C[C@H](N)[C@@H](O)CN(C)Cc2ccccc2)C(C)C)ccc1OC. The van der Waals surface area contributed by atoms with Gasteiger partial charge in [-0.3, -0.25) is 4.90 Å². The zero-order chi connectivity index (χ0) is 24.9. The molecule has 0 aliphatic rings. The van der Waals surface area contributed by atoms with Gasteiger partial charge in [-0.1, -0.05) is 50.2 Å². The monoisotopic (exact) mass is 472 g/mol. The van der Waals surface area contributed by atoms with Crippen LogP contribution in [-0.4, -0.2) is 63.2 Å². The number of aliphatic hydroxyl groups excluding tert-OH is 1. The summed E-state index contributed by atoms with van der Waals surface area (Å²) in [5.74, 6) is 2.27. The van der Waals surface area contributed by atoms with Crippen LogP contribution >= 0.6 is 0 Å². The molecule has 2 aromatic rings. The van der Waals surface area contributed by atoms with E-state index in [1.807, 2.05) is 31.3 Å². The van der Waals surface area contributed by atoms with Crippen LogP contribution in [0.2, 0.25) is 0 Å². The summed E-state index contributed by atoms with van der Waals surface area (Å²) >= 11 is 0. The molecule has 2 rings (SSSR count). The lowest BCUT2D eigenvalue weighted by atomic mass is 9.83. The van der Waals surface area contributed by atoms with Crippen molar-refractivity contribution in [3.63, 3.8) is 0 Å². The maximum Gasteiger partial charge on any atom is 0.161 e. The number of methoxy groups -OCH3 is 2. The van der Waals surface area contributed by atoms with Gasteiger partial charge < -0.3 is 25.1 Å². The minimum atomic E-state index is -0.578. The summed E-state index contributed by atoms with van der Waals surface area (Å²) in [7, 11) is 5.37. The summed E-state index contributed by atoms with van der Waals surface area (Å²) in [4.78, 5) is 2.13. The van der Waals surface area contributed by atoms with Gasteiger partial charge >= 0.3 is 0 Å². The summed E-state index contributed by atoms with van der Waals surface area (Å²) < 4.78 is 16.5. The Bertz CT molecular complexity index is 815. The van der Waals surface area contributed by atoms with E-state index in [-0.39, 0.29) is 6.04 Å². The minimum absolute atomic E-state index is 0.284. The highest BCUT2D eigenvalue weighted by atomic mass is 16.5. The van der Waals surface area contributed by atoms with Crippen molar-refractivity contribution in [2.24, 2.45) is 17.6 Å². The minimum Gasteiger partial charge on any atom is -0.493 e. The molecule has 0 fully saturated rings. The first-order valence-corrected chi connectivity index (χ1v) is 12.3. The largest absolute Gasteiger partial charge is 0.493 e. The number of hydrogen-bond acceptors (Lipinski definition) is 6. The molecule has 0 aliphatic heterocycles. The van der Waals surface area contributed by atoms with Gasteiger partial charge in [-0.2, -0.15) is 0 Å². The lowest BCUT2D eigenvalue weighted by molar-refractivity contribution is 0.0872. The number of rotatable bonds is 16. The van der Waals surface area contributed by atoms with Gasteiger partial charge in [0.1, 0.15) is 0 Å². The zero-order valence-corrected chi connectivity index (χ0v) is 21.6. The van der Waals surface area contributed by atoms with Crippen LogP contribution in [0, 0.1) is 11.8 Å². The second kappa shape index (κ2) is 15.0. The highest BCUT2D eigenvalue weighted by Gasteiger charge is 2.24. The fourth-order valence-electron chi connectivity index (χ4n) is 4.16. The zero-order valence-electron chi connectivity index (χ0n) is 21.6. The third-order valence-electron chi connectivity index (χ3n) is 6.28. The van der Waals surface area contributed by atoms with Gasteiger partial charge in [0, 0.05) is 39.3 Å². The number of hydrogen-bond donors (Lipinski definition) is 2. The number of likely N-dealkylation sites (N-methyl/N-ethyl adjacent to an activating group) is 1. The van der Waals surface area contributed by atoms with E-state index in [0.29, 0.717) is 31.6 Å². The van der Waals surface area contributed by atoms with Crippen molar-refractivity contribution in [1.82, 2.24) is 4.90 Å². The second-order valence-corrected chi connectivity index (χ2v) is 9.54. The van der Waals surface area contributed by atoms with Crippen molar-refractivity contribution in [1.29, 1.82) is 0 Å². The third kappa shape index (κ3) is 9.63. The summed E-state index contributed by atoms with van der Waals surface area (Å²) in [6, 6.07) is 16.1. The molecule has 2 aromatic carbocycles. The number of nitrogens with zero attached hydrogens (tertiary/aromatic N) is 1. The molecule has 0 radical (unpaired) electrons. The van der Waals surface area contributed by atoms with Crippen molar-refractivity contribution in [2.45, 2.75) is 51.8 Å². The molecule has 0 amide bonds. The average molecular weight is 473 g/mol. The van der Waals surface area contributed by atoms with Crippen molar-refractivity contribution >= 4 is 0 Å². The highest BCUT2D eigenvalue weighted by molar-refractivity contribution is 5.43. The molecule has 3 N–H and O–H groups in total. The van der Waals surface area contributed by atoms with Crippen LogP contribution in [-0.2, 0) is 17.7 Å². The topological polar surface area (TPSA) is 77.2 Å². The first kappa shape index (κ1) is 28.1. The predicted molar refractivity (Wildman–Crippen MR) is 138 cm³/mol. The van der Waals surface area contributed by atoms with E-state index in [1.165, 1.54) is 11.1 Å². The van der Waals surface area contributed by atoms with Crippen molar-refractivity contribution in [2.75, 3.05) is 41.0 Å². The highest BCUT2D eigenvalue weighted by Crippen LogP contribution is 2.31. The Labute approximate surface area is 206 Å². The standard InChI is InChI=1S/C28H44N2O4/c1-21(2)24(16-23-12-13-27(33-5)28(17-23)34-15-9-14-32-4)18-25(29)26(31)20-30(3)19-22-10-7-6-8-11-22/h6-8,10-13,17,21,24-26,31H,9,14-16,18-20,29H2,1-5H3/t24-,25-,26-/m0/s1. The lowest BCUT2D eigenvalue weighted by Gasteiger charge is -2.29. The Morgan fingerprint density at radius 3 is 2.35 bits per heavy atom. The maximum atomic E-state index is 10.8. The van der Waals surface area contributed by atoms with E-state index >= 15 is 0 Å². The first-order valence-electron chi connectivity index (χ1n) is 12.3. The fourth-order valence-corrected chi connectivity index (χ4v) is 4.16. The van der Waals surface area contributed by atoms with Gasteiger partial charge in [-0.05, 0) is 55.0 Å². The summed E-state index contributed by atoms with van der Waals surface area (Å²) in [6.07, 6.45) is 1.87. The van der Waals surface area contributed by atoms with Gasteiger partial charge in [-0.25, -0.2) is 0 Å². The fraction of sp³-hybridized carbons (Fsp3) is 0.571. The quantitative estimate of drug-likeness (QED) is 0.358. The molecule has 3 atom stereocenters. The number of nitrogens with two attached hydrogens (primary N) is 1. The molecular formula is C28H44N2O4. The van der Waals surface area contributed by atoms with Crippen LogP contribution < -0.4 is 15.2 Å². The molecule has 0 bridgehead atoms. The number of aliphatic hydroxyl groups is 1.